The average molecular weight is 261 g/mol. The molecule has 0 aliphatic rings. The Morgan fingerprint density at radius 1 is 1.35 bits per heavy atom. The molecule has 0 aliphatic heterocycles. The molecule has 0 saturated heterocycles. The van der Waals surface area contributed by atoms with Crippen LogP contribution in [-0.2, 0) is 6.18 Å². The Kier molecular flexibility index (Phi) is 4.59. The van der Waals surface area contributed by atoms with E-state index in [0.717, 1.165) is 6.07 Å². The minimum atomic E-state index is -4.52. The van der Waals surface area contributed by atoms with Gasteiger partial charge in [-0.25, -0.2) is 0 Å². The van der Waals surface area contributed by atoms with Crippen LogP contribution in [0.3, 0.4) is 0 Å². The second-order valence-electron chi connectivity index (χ2n) is 3.16. The lowest BCUT2D eigenvalue weighted by molar-refractivity contribution is -0.137. The van der Waals surface area contributed by atoms with E-state index >= 15 is 0 Å². The van der Waals surface area contributed by atoms with E-state index in [9.17, 15) is 18.0 Å². The molecule has 0 aromatic heterocycles. The Balaban J connectivity index is 3.22. The van der Waals surface area contributed by atoms with Crippen LogP contribution in [0.4, 0.5) is 13.2 Å². The summed E-state index contributed by atoms with van der Waals surface area (Å²) in [5.74, 6) is 5.20. The first-order valence-corrected chi connectivity index (χ1v) is 5.23. The molecule has 90 valence electrons. The van der Waals surface area contributed by atoms with E-state index in [4.69, 9.17) is 11.6 Å². The van der Waals surface area contributed by atoms with Crippen molar-refractivity contribution in [3.05, 3.63) is 34.9 Å². The molecular weight excluding hydrogens is 253 g/mol. The Bertz CT molecular complexity index is 469. The van der Waals surface area contributed by atoms with E-state index in [0.29, 0.717) is 12.7 Å². The van der Waals surface area contributed by atoms with Crippen LogP contribution in [0.5, 0.6) is 0 Å². The monoisotopic (exact) mass is 260 g/mol. The first-order chi connectivity index (χ1) is 7.99. The van der Waals surface area contributed by atoms with Crippen molar-refractivity contribution in [3.8, 4) is 11.8 Å². The van der Waals surface area contributed by atoms with Gasteiger partial charge in [0, 0.05) is 23.4 Å². The van der Waals surface area contributed by atoms with Gasteiger partial charge in [-0.15, -0.1) is 11.6 Å². The van der Waals surface area contributed by atoms with E-state index in [-0.39, 0.29) is 17.0 Å². The number of carbonyl (C=O) groups is 1. The summed E-state index contributed by atoms with van der Waals surface area (Å²) < 4.78 is 38.0. The molecular formula is C12H8ClF3O. The second kappa shape index (κ2) is 5.74. The lowest BCUT2D eigenvalue weighted by Gasteiger charge is -2.09. The lowest BCUT2D eigenvalue weighted by atomic mass is 10.0. The smallest absolute Gasteiger partial charge is 0.298 e. The minimum Gasteiger partial charge on any atom is -0.298 e. The SMILES string of the molecule is O=Cc1ccc(C#CCCCl)c(C(F)(F)F)c1. The summed E-state index contributed by atoms with van der Waals surface area (Å²) in [5.41, 5.74) is -1.07. The molecule has 0 spiro atoms. The van der Waals surface area contributed by atoms with Crippen LogP contribution in [0.1, 0.15) is 27.9 Å². The Morgan fingerprint density at radius 2 is 2.06 bits per heavy atom. The third-order valence-electron chi connectivity index (χ3n) is 1.93. The van der Waals surface area contributed by atoms with Gasteiger partial charge in [-0.05, 0) is 12.1 Å². The summed E-state index contributed by atoms with van der Waals surface area (Å²) in [7, 11) is 0. The topological polar surface area (TPSA) is 17.1 Å². The highest BCUT2D eigenvalue weighted by molar-refractivity contribution is 6.18. The van der Waals surface area contributed by atoms with Gasteiger partial charge in [0.25, 0.3) is 0 Å². The maximum absolute atomic E-state index is 12.7. The van der Waals surface area contributed by atoms with Crippen LogP contribution in [0, 0.1) is 11.8 Å². The number of halogens is 4. The maximum atomic E-state index is 12.7. The molecule has 0 fully saturated rings. The Labute approximate surface area is 102 Å². The normalized spacial score (nSPS) is 10.6. The number of aldehydes is 1. The van der Waals surface area contributed by atoms with Gasteiger partial charge < -0.3 is 0 Å². The van der Waals surface area contributed by atoms with E-state index in [2.05, 4.69) is 11.8 Å². The van der Waals surface area contributed by atoms with Crippen LogP contribution in [0.25, 0.3) is 0 Å². The molecule has 0 radical (unpaired) electrons. The quantitative estimate of drug-likeness (QED) is 0.452. The molecule has 0 atom stereocenters. The van der Waals surface area contributed by atoms with Gasteiger partial charge >= 0.3 is 6.18 Å². The largest absolute Gasteiger partial charge is 0.417 e. The number of hydrogen-bond donors (Lipinski definition) is 0. The van der Waals surface area contributed by atoms with Crippen molar-refractivity contribution in [2.75, 3.05) is 5.88 Å². The Hall–Kier alpha value is -1.47. The molecule has 0 saturated carbocycles. The summed E-state index contributed by atoms with van der Waals surface area (Å²) in [5, 5.41) is 0. The fourth-order valence-corrected chi connectivity index (χ4v) is 1.28. The van der Waals surface area contributed by atoms with Crippen molar-refractivity contribution in [2.24, 2.45) is 0 Å². The molecule has 0 unspecified atom stereocenters. The second-order valence-corrected chi connectivity index (χ2v) is 3.54. The van der Waals surface area contributed by atoms with E-state index < -0.39 is 11.7 Å². The number of carbonyl (C=O) groups excluding carboxylic acids is 1. The zero-order valence-electron chi connectivity index (χ0n) is 8.64. The van der Waals surface area contributed by atoms with Crippen LogP contribution < -0.4 is 0 Å². The molecule has 0 amide bonds. The fraction of sp³-hybridized carbons (Fsp3) is 0.250. The van der Waals surface area contributed by atoms with Gasteiger partial charge in [-0.3, -0.25) is 4.79 Å². The summed E-state index contributed by atoms with van der Waals surface area (Å²) in [6, 6.07) is 3.28. The van der Waals surface area contributed by atoms with E-state index in [1.54, 1.807) is 0 Å². The molecule has 0 N–H and O–H groups in total. The number of alkyl halides is 4. The van der Waals surface area contributed by atoms with Gasteiger partial charge in [-0.2, -0.15) is 13.2 Å². The average Bonchev–Trinajstić information content (AvgIpc) is 2.28. The molecule has 17 heavy (non-hydrogen) atoms. The molecule has 0 aliphatic carbocycles. The zero-order valence-corrected chi connectivity index (χ0v) is 9.40. The maximum Gasteiger partial charge on any atom is 0.417 e. The molecule has 0 bridgehead atoms. The van der Waals surface area contributed by atoms with Crippen molar-refractivity contribution in [1.29, 1.82) is 0 Å². The summed E-state index contributed by atoms with van der Waals surface area (Å²) >= 11 is 5.37. The van der Waals surface area contributed by atoms with E-state index in [1.807, 2.05) is 0 Å². The summed E-state index contributed by atoms with van der Waals surface area (Å²) in [6.45, 7) is 0. The van der Waals surface area contributed by atoms with E-state index in [1.165, 1.54) is 12.1 Å². The summed E-state index contributed by atoms with van der Waals surface area (Å²) in [4.78, 5) is 10.4. The van der Waals surface area contributed by atoms with Crippen molar-refractivity contribution < 1.29 is 18.0 Å². The number of benzene rings is 1. The van der Waals surface area contributed by atoms with Crippen LogP contribution in [-0.4, -0.2) is 12.2 Å². The molecule has 5 heteroatoms. The van der Waals surface area contributed by atoms with Crippen molar-refractivity contribution in [2.45, 2.75) is 12.6 Å². The third-order valence-corrected chi connectivity index (χ3v) is 2.12. The predicted octanol–water partition coefficient (Wildman–Crippen LogP) is 3.50. The van der Waals surface area contributed by atoms with Crippen molar-refractivity contribution in [1.82, 2.24) is 0 Å². The Morgan fingerprint density at radius 3 is 2.59 bits per heavy atom. The molecule has 0 heterocycles. The van der Waals surface area contributed by atoms with Crippen molar-refractivity contribution in [3.63, 3.8) is 0 Å². The first kappa shape index (κ1) is 13.6. The van der Waals surface area contributed by atoms with Gasteiger partial charge in [0.05, 0.1) is 5.56 Å². The van der Waals surface area contributed by atoms with Gasteiger partial charge in [0.15, 0.2) is 0 Å². The molecule has 1 rings (SSSR count). The van der Waals surface area contributed by atoms with Gasteiger partial charge in [-0.1, -0.05) is 17.9 Å². The number of hydrogen-bond acceptors (Lipinski definition) is 1. The highest BCUT2D eigenvalue weighted by Gasteiger charge is 2.33. The zero-order chi connectivity index (χ0) is 12.9. The van der Waals surface area contributed by atoms with Crippen molar-refractivity contribution >= 4 is 17.9 Å². The molecule has 1 nitrogen and oxygen atoms in total. The predicted molar refractivity (Wildman–Crippen MR) is 59.0 cm³/mol. The minimum absolute atomic E-state index is 0.0276. The summed E-state index contributed by atoms with van der Waals surface area (Å²) in [6.07, 6.45) is -3.84. The highest BCUT2D eigenvalue weighted by Crippen LogP contribution is 2.32. The standard InChI is InChI=1S/C12H8ClF3O/c13-6-2-1-3-10-5-4-9(8-17)7-11(10)12(14,15)16/h4-5,7-8H,2,6H2. The number of rotatable bonds is 2. The van der Waals surface area contributed by atoms with Crippen LogP contribution in [0.2, 0.25) is 0 Å². The van der Waals surface area contributed by atoms with Crippen LogP contribution >= 0.6 is 11.6 Å². The van der Waals surface area contributed by atoms with Gasteiger partial charge in [0.2, 0.25) is 0 Å². The lowest BCUT2D eigenvalue weighted by Crippen LogP contribution is -2.08. The molecule has 1 aromatic carbocycles. The first-order valence-electron chi connectivity index (χ1n) is 4.70. The van der Waals surface area contributed by atoms with Gasteiger partial charge in [0.1, 0.15) is 6.29 Å². The third kappa shape index (κ3) is 3.79. The highest BCUT2D eigenvalue weighted by atomic mass is 35.5. The molecule has 1 aromatic rings. The van der Waals surface area contributed by atoms with Crippen LogP contribution in [0.15, 0.2) is 18.2 Å². The fourth-order valence-electron chi connectivity index (χ4n) is 1.18.